The minimum Gasteiger partial charge on any atom is -0.351 e. The van der Waals surface area contributed by atoms with Crippen LogP contribution in [0.25, 0.3) is 0 Å². The van der Waals surface area contributed by atoms with Crippen LogP contribution in [0.4, 0.5) is 0 Å². The Morgan fingerprint density at radius 3 is 2.89 bits per heavy atom. The van der Waals surface area contributed by atoms with Crippen LogP contribution in [0.3, 0.4) is 0 Å². The van der Waals surface area contributed by atoms with Crippen molar-refractivity contribution >= 4 is 5.91 Å². The number of carbonyl (C=O) groups is 1. The second-order valence-electron chi connectivity index (χ2n) is 4.90. The number of aromatic nitrogens is 1. The number of pyridine rings is 1. The molecule has 0 saturated carbocycles. The molecular weight excluding hydrogens is 240 g/mol. The summed E-state index contributed by atoms with van der Waals surface area (Å²) in [6.45, 7) is 4.29. The maximum Gasteiger partial charge on any atom is 0.251 e. The lowest BCUT2D eigenvalue weighted by atomic mass is 10.1. The summed E-state index contributed by atoms with van der Waals surface area (Å²) in [5.74, 6) is -0.0471. The largest absolute Gasteiger partial charge is 0.351 e. The van der Waals surface area contributed by atoms with Crippen LogP contribution in [0.15, 0.2) is 18.3 Å². The lowest BCUT2D eigenvalue weighted by Gasteiger charge is -2.26. The van der Waals surface area contributed by atoms with E-state index < -0.39 is 0 Å². The van der Waals surface area contributed by atoms with Gasteiger partial charge in [0.15, 0.2) is 0 Å². The Hall–Kier alpha value is -1.46. The van der Waals surface area contributed by atoms with Gasteiger partial charge < -0.3 is 16.0 Å². The van der Waals surface area contributed by atoms with Crippen LogP contribution in [-0.4, -0.2) is 42.0 Å². The highest BCUT2D eigenvalue weighted by molar-refractivity contribution is 5.94. The van der Waals surface area contributed by atoms with Gasteiger partial charge in [-0.3, -0.25) is 9.78 Å². The van der Waals surface area contributed by atoms with Gasteiger partial charge >= 0.3 is 0 Å². The van der Waals surface area contributed by atoms with E-state index in [1.807, 2.05) is 0 Å². The third-order valence-corrected chi connectivity index (χ3v) is 3.45. The van der Waals surface area contributed by atoms with Crippen molar-refractivity contribution in [3.63, 3.8) is 0 Å². The predicted molar refractivity (Wildman–Crippen MR) is 74.8 cm³/mol. The van der Waals surface area contributed by atoms with Crippen molar-refractivity contribution in [3.8, 4) is 0 Å². The number of piperidine rings is 1. The van der Waals surface area contributed by atoms with E-state index in [1.54, 1.807) is 18.3 Å². The first kappa shape index (κ1) is 14.0. The van der Waals surface area contributed by atoms with Crippen LogP contribution < -0.4 is 11.1 Å². The SMILES string of the molecule is NCc1cc(C(=O)NCCN2CCCCC2)ccn1. The number of carbonyl (C=O) groups excluding carboxylic acids is 1. The van der Waals surface area contributed by atoms with Crippen molar-refractivity contribution in [2.24, 2.45) is 5.73 Å². The third kappa shape index (κ3) is 4.29. The van der Waals surface area contributed by atoms with Crippen LogP contribution >= 0.6 is 0 Å². The summed E-state index contributed by atoms with van der Waals surface area (Å²) in [6.07, 6.45) is 5.51. The first-order valence-electron chi connectivity index (χ1n) is 6.95. The Morgan fingerprint density at radius 1 is 1.37 bits per heavy atom. The lowest BCUT2D eigenvalue weighted by Crippen LogP contribution is -2.37. The van der Waals surface area contributed by atoms with Crippen LogP contribution in [0.1, 0.15) is 35.3 Å². The number of likely N-dealkylation sites (tertiary alicyclic amines) is 1. The van der Waals surface area contributed by atoms with Gasteiger partial charge in [0.2, 0.25) is 0 Å². The molecule has 1 aliphatic heterocycles. The highest BCUT2D eigenvalue weighted by Crippen LogP contribution is 2.07. The molecule has 2 rings (SSSR count). The molecule has 0 unspecified atom stereocenters. The zero-order valence-electron chi connectivity index (χ0n) is 11.3. The van der Waals surface area contributed by atoms with Crippen molar-refractivity contribution in [2.75, 3.05) is 26.2 Å². The van der Waals surface area contributed by atoms with Gasteiger partial charge in [0, 0.05) is 31.4 Å². The minimum absolute atomic E-state index is 0.0471. The second kappa shape index (κ2) is 7.21. The molecule has 0 aromatic carbocycles. The van der Waals surface area contributed by atoms with E-state index in [1.165, 1.54) is 19.3 Å². The maximum absolute atomic E-state index is 12.0. The molecule has 5 nitrogen and oxygen atoms in total. The molecule has 1 amide bonds. The highest BCUT2D eigenvalue weighted by Gasteiger charge is 2.10. The number of amides is 1. The zero-order valence-corrected chi connectivity index (χ0v) is 11.3. The summed E-state index contributed by atoms with van der Waals surface area (Å²) in [7, 11) is 0. The third-order valence-electron chi connectivity index (χ3n) is 3.45. The summed E-state index contributed by atoms with van der Waals surface area (Å²) in [6, 6.07) is 3.46. The molecule has 2 heterocycles. The normalized spacial score (nSPS) is 16.3. The molecule has 1 aromatic heterocycles. The second-order valence-corrected chi connectivity index (χ2v) is 4.90. The van der Waals surface area contributed by atoms with E-state index in [0.717, 1.165) is 25.3 Å². The first-order valence-corrected chi connectivity index (χ1v) is 6.95. The van der Waals surface area contributed by atoms with Crippen LogP contribution in [0, 0.1) is 0 Å². The van der Waals surface area contributed by atoms with E-state index in [-0.39, 0.29) is 5.91 Å². The van der Waals surface area contributed by atoms with E-state index >= 15 is 0 Å². The van der Waals surface area contributed by atoms with Crippen molar-refractivity contribution in [2.45, 2.75) is 25.8 Å². The number of nitrogens with one attached hydrogen (secondary N) is 1. The van der Waals surface area contributed by atoms with E-state index in [0.29, 0.717) is 18.7 Å². The molecular formula is C14H22N4O. The molecule has 1 saturated heterocycles. The van der Waals surface area contributed by atoms with Crippen molar-refractivity contribution in [3.05, 3.63) is 29.6 Å². The summed E-state index contributed by atoms with van der Waals surface area (Å²) >= 11 is 0. The standard InChI is InChI=1S/C14H22N4O/c15-11-13-10-12(4-5-16-13)14(19)17-6-9-18-7-2-1-3-8-18/h4-5,10H,1-3,6-9,11,15H2,(H,17,19). The molecule has 104 valence electrons. The molecule has 3 N–H and O–H groups in total. The van der Waals surface area contributed by atoms with E-state index in [4.69, 9.17) is 5.73 Å². The number of rotatable bonds is 5. The van der Waals surface area contributed by atoms with E-state index in [9.17, 15) is 4.79 Å². The summed E-state index contributed by atoms with van der Waals surface area (Å²) < 4.78 is 0. The van der Waals surface area contributed by atoms with Gasteiger partial charge in [-0.1, -0.05) is 6.42 Å². The van der Waals surface area contributed by atoms with Gasteiger partial charge in [-0.2, -0.15) is 0 Å². The van der Waals surface area contributed by atoms with Gasteiger partial charge in [0.25, 0.3) is 5.91 Å². The molecule has 1 aliphatic rings. The highest BCUT2D eigenvalue weighted by atomic mass is 16.1. The fourth-order valence-corrected chi connectivity index (χ4v) is 2.34. The Bertz CT molecular complexity index is 416. The Kier molecular flexibility index (Phi) is 5.30. The van der Waals surface area contributed by atoms with Gasteiger partial charge in [-0.15, -0.1) is 0 Å². The minimum atomic E-state index is -0.0471. The van der Waals surface area contributed by atoms with Gasteiger partial charge in [-0.05, 0) is 38.1 Å². The molecule has 1 aromatic rings. The molecule has 0 bridgehead atoms. The Morgan fingerprint density at radius 2 is 2.16 bits per heavy atom. The average molecular weight is 262 g/mol. The smallest absolute Gasteiger partial charge is 0.251 e. The molecule has 1 fully saturated rings. The Labute approximate surface area is 114 Å². The molecule has 19 heavy (non-hydrogen) atoms. The molecule has 0 spiro atoms. The topological polar surface area (TPSA) is 71.2 Å². The summed E-state index contributed by atoms with van der Waals surface area (Å²) in [5.41, 5.74) is 6.89. The molecule has 0 atom stereocenters. The van der Waals surface area contributed by atoms with E-state index in [2.05, 4.69) is 15.2 Å². The van der Waals surface area contributed by atoms with Crippen molar-refractivity contribution in [1.29, 1.82) is 0 Å². The quantitative estimate of drug-likeness (QED) is 0.821. The average Bonchev–Trinajstić information content (AvgIpc) is 2.48. The van der Waals surface area contributed by atoms with Crippen molar-refractivity contribution < 1.29 is 4.79 Å². The van der Waals surface area contributed by atoms with Crippen LogP contribution in [-0.2, 0) is 6.54 Å². The molecule has 0 radical (unpaired) electrons. The summed E-state index contributed by atoms with van der Waals surface area (Å²) in [5, 5.41) is 2.95. The number of hydrogen-bond acceptors (Lipinski definition) is 4. The monoisotopic (exact) mass is 262 g/mol. The Balaban J connectivity index is 1.77. The number of hydrogen-bond donors (Lipinski definition) is 2. The van der Waals surface area contributed by atoms with Gasteiger partial charge in [-0.25, -0.2) is 0 Å². The van der Waals surface area contributed by atoms with Crippen LogP contribution in [0.2, 0.25) is 0 Å². The van der Waals surface area contributed by atoms with Gasteiger partial charge in [0.05, 0.1) is 5.69 Å². The van der Waals surface area contributed by atoms with Crippen LogP contribution in [0.5, 0.6) is 0 Å². The first-order chi connectivity index (χ1) is 9.29. The van der Waals surface area contributed by atoms with Gasteiger partial charge in [0.1, 0.15) is 0 Å². The predicted octanol–water partition coefficient (Wildman–Crippen LogP) is 0.756. The molecule has 5 heteroatoms. The maximum atomic E-state index is 12.0. The fraction of sp³-hybridized carbons (Fsp3) is 0.571. The molecule has 0 aliphatic carbocycles. The summed E-state index contributed by atoms with van der Waals surface area (Å²) in [4.78, 5) is 18.4. The zero-order chi connectivity index (χ0) is 13.5. The lowest BCUT2D eigenvalue weighted by molar-refractivity contribution is 0.0946. The number of nitrogens with zero attached hydrogens (tertiary/aromatic N) is 2. The number of nitrogens with two attached hydrogens (primary N) is 1. The fourth-order valence-electron chi connectivity index (χ4n) is 2.34. The van der Waals surface area contributed by atoms with Crippen molar-refractivity contribution in [1.82, 2.24) is 15.2 Å².